The summed E-state index contributed by atoms with van der Waals surface area (Å²) in [5.74, 6) is 0.822. The molecule has 2 aliphatic carbocycles. The van der Waals surface area contributed by atoms with Gasteiger partial charge in [0, 0.05) is 0 Å². The van der Waals surface area contributed by atoms with Gasteiger partial charge in [0.25, 0.3) is 0 Å². The molecule has 0 unspecified atom stereocenters. The van der Waals surface area contributed by atoms with Crippen molar-refractivity contribution in [3.8, 4) is 0 Å². The molecule has 0 saturated carbocycles. The predicted molar refractivity (Wildman–Crippen MR) is 77.9 cm³/mol. The molecule has 3 heteroatoms. The van der Waals surface area contributed by atoms with Crippen molar-refractivity contribution in [1.82, 2.24) is 0 Å². The summed E-state index contributed by atoms with van der Waals surface area (Å²) >= 11 is -0.826. The number of rotatable bonds is 3. The van der Waals surface area contributed by atoms with E-state index in [1.807, 2.05) is 12.2 Å². The van der Waals surface area contributed by atoms with Crippen molar-refractivity contribution in [3.63, 3.8) is 0 Å². The van der Waals surface area contributed by atoms with Gasteiger partial charge in [-0.2, -0.15) is 12.2 Å². The van der Waals surface area contributed by atoms with E-state index in [2.05, 4.69) is 44.2 Å². The van der Waals surface area contributed by atoms with E-state index in [1.54, 1.807) is 0 Å². The van der Waals surface area contributed by atoms with Crippen molar-refractivity contribution < 1.29 is 20.8 Å². The summed E-state index contributed by atoms with van der Waals surface area (Å²) in [7, 11) is 9.87. The van der Waals surface area contributed by atoms with Gasteiger partial charge in [-0.3, -0.25) is 12.2 Å². The first-order chi connectivity index (χ1) is 8.70. The molecule has 2 rings (SSSR count). The zero-order chi connectivity index (χ0) is 13.6. The van der Waals surface area contributed by atoms with Crippen LogP contribution in [0.5, 0.6) is 0 Å². The third kappa shape index (κ3) is 12.9. The first-order valence-electron chi connectivity index (χ1n) is 6.15. The van der Waals surface area contributed by atoms with Crippen LogP contribution in [0.25, 0.3) is 0 Å². The van der Waals surface area contributed by atoms with Crippen LogP contribution in [0.3, 0.4) is 0 Å². The average molecular weight is 362 g/mol. The second-order valence-electron chi connectivity index (χ2n) is 4.32. The standard InChI is InChI=1S/C10H15.C5H5.2ClH.Zr/c1-9(2)7-8-10-5-3-4-6-10;1-2-4-5-3-1;;;/h3,5,9H,4,7-8H2,1-2H3;1-3H,4H2;2*1H;/q2*-1;;;+4/p-2. The molecule has 0 aliphatic heterocycles. The quantitative estimate of drug-likeness (QED) is 0.557. The normalized spacial score (nSPS) is 14.6. The van der Waals surface area contributed by atoms with E-state index in [9.17, 15) is 0 Å². The van der Waals surface area contributed by atoms with Gasteiger partial charge in [-0.1, -0.05) is 20.3 Å². The molecule has 98 valence electrons. The Hall–Kier alpha value is 0.423. The Labute approximate surface area is 130 Å². The van der Waals surface area contributed by atoms with Crippen molar-refractivity contribution in [2.24, 2.45) is 5.92 Å². The summed E-state index contributed by atoms with van der Waals surface area (Å²) in [4.78, 5) is 0. The Bertz CT molecular complexity index is 292. The Kier molecular flexibility index (Phi) is 14.2. The fourth-order valence-corrected chi connectivity index (χ4v) is 1.41. The van der Waals surface area contributed by atoms with Gasteiger partial charge < -0.3 is 0 Å². The number of hydrogen-bond acceptors (Lipinski definition) is 0. The van der Waals surface area contributed by atoms with Crippen LogP contribution in [0.15, 0.2) is 36.0 Å². The van der Waals surface area contributed by atoms with Crippen LogP contribution in [-0.2, 0) is 20.8 Å². The molecule has 0 amide bonds. The number of allylic oxidation sites excluding steroid dienone is 8. The zero-order valence-corrected chi connectivity index (χ0v) is 15.0. The van der Waals surface area contributed by atoms with Crippen LogP contribution in [0.1, 0.15) is 39.5 Å². The van der Waals surface area contributed by atoms with Gasteiger partial charge in [-0.05, 0) is 12.3 Å². The van der Waals surface area contributed by atoms with E-state index in [4.69, 9.17) is 17.0 Å². The first-order valence-corrected chi connectivity index (χ1v) is 12.5. The average Bonchev–Trinajstić information content (AvgIpc) is 3.04. The molecule has 2 aliphatic rings. The zero-order valence-electron chi connectivity index (χ0n) is 11.0. The topological polar surface area (TPSA) is 0 Å². The van der Waals surface area contributed by atoms with Gasteiger partial charge >= 0.3 is 37.9 Å². The van der Waals surface area contributed by atoms with E-state index in [1.165, 1.54) is 18.4 Å². The molecule has 18 heavy (non-hydrogen) atoms. The third-order valence-electron chi connectivity index (χ3n) is 2.34. The van der Waals surface area contributed by atoms with Crippen LogP contribution in [0.4, 0.5) is 0 Å². The van der Waals surface area contributed by atoms with Gasteiger partial charge in [0.15, 0.2) is 0 Å². The molecular formula is C15H20Cl2Zr. The van der Waals surface area contributed by atoms with Crippen molar-refractivity contribution >= 4 is 17.0 Å². The molecule has 0 bridgehead atoms. The van der Waals surface area contributed by atoms with Gasteiger partial charge in [0.05, 0.1) is 0 Å². The van der Waals surface area contributed by atoms with E-state index in [-0.39, 0.29) is 0 Å². The monoisotopic (exact) mass is 360 g/mol. The Morgan fingerprint density at radius 3 is 2.33 bits per heavy atom. The summed E-state index contributed by atoms with van der Waals surface area (Å²) < 4.78 is 0. The summed E-state index contributed by atoms with van der Waals surface area (Å²) in [6, 6.07) is 0. The molecule has 0 saturated heterocycles. The molecule has 0 radical (unpaired) electrons. The molecule has 0 atom stereocenters. The molecule has 0 nitrogen and oxygen atoms in total. The second-order valence-corrected chi connectivity index (χ2v) is 8.05. The van der Waals surface area contributed by atoms with Crippen LogP contribution in [0.2, 0.25) is 0 Å². The fourth-order valence-electron chi connectivity index (χ4n) is 1.41. The molecular weight excluding hydrogens is 342 g/mol. The molecule has 0 heterocycles. The SMILES string of the molecule is CC(C)CCC1=[C-]CC=C1.[C-]1=CC=CC1.[Cl][Zr+2][Cl]. The van der Waals surface area contributed by atoms with E-state index >= 15 is 0 Å². The molecule has 0 aromatic rings. The van der Waals surface area contributed by atoms with Crippen LogP contribution in [-0.4, -0.2) is 0 Å². The van der Waals surface area contributed by atoms with Crippen LogP contribution in [0, 0.1) is 18.1 Å². The molecule has 0 N–H and O–H groups in total. The summed E-state index contributed by atoms with van der Waals surface area (Å²) in [6.07, 6.45) is 21.2. The van der Waals surface area contributed by atoms with Crippen molar-refractivity contribution in [2.75, 3.05) is 0 Å². The second kappa shape index (κ2) is 13.8. The maximum absolute atomic E-state index is 4.93. The van der Waals surface area contributed by atoms with E-state index in [0.29, 0.717) is 0 Å². The number of halogens is 2. The van der Waals surface area contributed by atoms with Crippen LogP contribution < -0.4 is 0 Å². The van der Waals surface area contributed by atoms with Crippen LogP contribution >= 0.6 is 17.0 Å². The van der Waals surface area contributed by atoms with E-state index < -0.39 is 20.8 Å². The van der Waals surface area contributed by atoms with Crippen molar-refractivity contribution in [3.05, 3.63) is 48.1 Å². The van der Waals surface area contributed by atoms with Gasteiger partial charge in [-0.15, -0.1) is 12.8 Å². The molecule has 0 spiro atoms. The Morgan fingerprint density at radius 2 is 2.00 bits per heavy atom. The summed E-state index contributed by atoms with van der Waals surface area (Å²) in [6.45, 7) is 4.53. The Morgan fingerprint density at radius 1 is 1.28 bits per heavy atom. The fraction of sp³-hybridized carbons (Fsp3) is 0.467. The van der Waals surface area contributed by atoms with Crippen molar-refractivity contribution in [1.29, 1.82) is 0 Å². The van der Waals surface area contributed by atoms with E-state index in [0.717, 1.165) is 18.8 Å². The Balaban J connectivity index is 0.000000301. The first kappa shape index (κ1) is 18.4. The summed E-state index contributed by atoms with van der Waals surface area (Å²) in [5.41, 5.74) is 1.41. The molecule has 0 aromatic heterocycles. The van der Waals surface area contributed by atoms with Gasteiger partial charge in [0.2, 0.25) is 0 Å². The van der Waals surface area contributed by atoms with Crippen molar-refractivity contribution in [2.45, 2.75) is 39.5 Å². The minimum atomic E-state index is -0.826. The predicted octanol–water partition coefficient (Wildman–Crippen LogP) is 5.79. The summed E-state index contributed by atoms with van der Waals surface area (Å²) in [5, 5.41) is 0. The molecule has 0 aromatic carbocycles. The molecule has 0 fully saturated rings. The third-order valence-corrected chi connectivity index (χ3v) is 2.34. The van der Waals surface area contributed by atoms with Gasteiger partial charge in [0.1, 0.15) is 0 Å². The van der Waals surface area contributed by atoms with Gasteiger partial charge in [-0.25, -0.2) is 23.8 Å². The minimum absolute atomic E-state index is 0.822. The number of hydrogen-bond donors (Lipinski definition) is 0. The maximum atomic E-state index is 4.93.